The van der Waals surface area contributed by atoms with Gasteiger partial charge in [-0.3, -0.25) is 14.2 Å². The number of hydrogen-bond donors (Lipinski definition) is 1. The zero-order chi connectivity index (χ0) is 24.9. The maximum absolute atomic E-state index is 13.7. The van der Waals surface area contributed by atoms with Gasteiger partial charge in [0.05, 0.1) is 29.6 Å². The summed E-state index contributed by atoms with van der Waals surface area (Å²) in [6, 6.07) is 16.9. The first-order valence-electron chi connectivity index (χ1n) is 11.9. The molecule has 5 rings (SSSR count). The maximum Gasteiger partial charge on any atom is 0.267 e. The SMILES string of the molecule is CCOc1ccc(C=NNC(=O)CSc2nc3sc4c(c3c(=O)n2-c2ccccc2)CCCC4)cc1. The minimum Gasteiger partial charge on any atom is -0.494 e. The van der Waals surface area contributed by atoms with Gasteiger partial charge in [0.2, 0.25) is 0 Å². The molecular formula is C27H26N4O3S2. The normalized spacial score (nSPS) is 13.1. The zero-order valence-electron chi connectivity index (χ0n) is 19.9. The average molecular weight is 519 g/mol. The lowest BCUT2D eigenvalue weighted by molar-refractivity contribution is -0.118. The highest BCUT2D eigenvalue weighted by molar-refractivity contribution is 7.99. The van der Waals surface area contributed by atoms with Crippen LogP contribution in [-0.2, 0) is 17.6 Å². The summed E-state index contributed by atoms with van der Waals surface area (Å²) in [7, 11) is 0. The Balaban J connectivity index is 1.35. The van der Waals surface area contributed by atoms with Gasteiger partial charge in [0.15, 0.2) is 5.16 Å². The van der Waals surface area contributed by atoms with Gasteiger partial charge in [0.1, 0.15) is 10.6 Å². The molecule has 1 N–H and O–H groups in total. The molecule has 7 nitrogen and oxygen atoms in total. The predicted molar refractivity (Wildman–Crippen MR) is 146 cm³/mol. The molecule has 9 heteroatoms. The van der Waals surface area contributed by atoms with Crippen molar-refractivity contribution in [3.05, 3.63) is 81.0 Å². The summed E-state index contributed by atoms with van der Waals surface area (Å²) in [5, 5.41) is 5.29. The first kappa shape index (κ1) is 24.3. The van der Waals surface area contributed by atoms with Crippen LogP contribution in [0.2, 0.25) is 0 Å². The molecule has 1 aliphatic carbocycles. The Morgan fingerprint density at radius 3 is 2.72 bits per heavy atom. The largest absolute Gasteiger partial charge is 0.494 e. The van der Waals surface area contributed by atoms with Crippen molar-refractivity contribution in [3.63, 3.8) is 0 Å². The number of thioether (sulfide) groups is 1. The molecule has 0 unspecified atom stereocenters. The molecule has 184 valence electrons. The first-order chi connectivity index (χ1) is 17.6. The lowest BCUT2D eigenvalue weighted by atomic mass is 9.97. The number of amides is 1. The Hall–Kier alpha value is -3.43. The smallest absolute Gasteiger partial charge is 0.267 e. The van der Waals surface area contributed by atoms with Crippen molar-refractivity contribution >= 4 is 45.4 Å². The number of aryl methyl sites for hydroxylation is 2. The molecule has 2 heterocycles. The van der Waals surface area contributed by atoms with E-state index in [1.54, 1.807) is 22.1 Å². The van der Waals surface area contributed by atoms with Crippen LogP contribution in [0.4, 0.5) is 0 Å². The van der Waals surface area contributed by atoms with Crippen LogP contribution < -0.4 is 15.7 Å². The fourth-order valence-corrected chi connectivity index (χ4v) is 6.35. The molecule has 36 heavy (non-hydrogen) atoms. The lowest BCUT2D eigenvalue weighted by Crippen LogP contribution is -2.24. The number of hydrazone groups is 1. The second-order valence-corrected chi connectivity index (χ2v) is 10.4. The van der Waals surface area contributed by atoms with E-state index in [1.165, 1.54) is 16.6 Å². The highest BCUT2D eigenvalue weighted by Gasteiger charge is 2.23. The molecule has 1 amide bonds. The van der Waals surface area contributed by atoms with E-state index >= 15 is 0 Å². The number of rotatable bonds is 8. The quantitative estimate of drug-likeness (QED) is 0.154. The van der Waals surface area contributed by atoms with Gasteiger partial charge in [-0.2, -0.15) is 5.10 Å². The standard InChI is InChI=1S/C27H26N4O3S2/c1-2-34-20-14-12-18(13-15-20)16-28-30-23(32)17-35-27-29-25-24(21-10-6-7-11-22(21)36-25)26(33)31(27)19-8-4-3-5-9-19/h3-5,8-9,12-16H,2,6-7,10-11,17H2,1H3,(H,30,32). The number of carbonyl (C=O) groups excluding carboxylic acids is 1. The minimum atomic E-state index is -0.276. The van der Waals surface area contributed by atoms with E-state index in [0.717, 1.165) is 58.5 Å². The minimum absolute atomic E-state index is 0.0676. The Morgan fingerprint density at radius 2 is 1.94 bits per heavy atom. The second-order valence-electron chi connectivity index (χ2n) is 8.35. The summed E-state index contributed by atoms with van der Waals surface area (Å²) in [5.41, 5.74) is 5.23. The Morgan fingerprint density at radius 1 is 1.17 bits per heavy atom. The highest BCUT2D eigenvalue weighted by atomic mass is 32.2. The number of ether oxygens (including phenoxy) is 1. The summed E-state index contributed by atoms with van der Waals surface area (Å²) >= 11 is 2.85. The molecule has 0 saturated heterocycles. The van der Waals surface area contributed by atoms with Gasteiger partial charge in [0, 0.05) is 4.88 Å². The summed E-state index contributed by atoms with van der Waals surface area (Å²) in [6.45, 7) is 2.54. The van der Waals surface area contributed by atoms with Crippen LogP contribution in [0.1, 0.15) is 35.8 Å². The third kappa shape index (κ3) is 5.22. The van der Waals surface area contributed by atoms with E-state index in [9.17, 15) is 9.59 Å². The number of nitrogens with zero attached hydrogens (tertiary/aromatic N) is 3. The van der Waals surface area contributed by atoms with Gasteiger partial charge in [-0.1, -0.05) is 30.0 Å². The monoisotopic (exact) mass is 518 g/mol. The highest BCUT2D eigenvalue weighted by Crippen LogP contribution is 2.35. The Kier molecular flexibility index (Phi) is 7.48. The topological polar surface area (TPSA) is 85.6 Å². The van der Waals surface area contributed by atoms with Crippen molar-refractivity contribution in [2.45, 2.75) is 37.8 Å². The van der Waals surface area contributed by atoms with Crippen LogP contribution in [0, 0.1) is 0 Å². The van der Waals surface area contributed by atoms with Crippen molar-refractivity contribution in [2.75, 3.05) is 12.4 Å². The number of para-hydroxylation sites is 1. The Bertz CT molecular complexity index is 1460. The number of aromatic nitrogens is 2. The van der Waals surface area contributed by atoms with Crippen molar-refractivity contribution in [1.82, 2.24) is 15.0 Å². The van der Waals surface area contributed by atoms with Crippen LogP contribution in [0.15, 0.2) is 69.6 Å². The average Bonchev–Trinajstić information content (AvgIpc) is 3.28. The number of benzene rings is 2. The lowest BCUT2D eigenvalue weighted by Gasteiger charge is -2.13. The van der Waals surface area contributed by atoms with Crippen molar-refractivity contribution in [3.8, 4) is 11.4 Å². The summed E-state index contributed by atoms with van der Waals surface area (Å²) < 4.78 is 7.06. The molecule has 0 atom stereocenters. The van der Waals surface area contributed by atoms with Gasteiger partial charge in [-0.05, 0) is 80.1 Å². The molecule has 0 aliphatic heterocycles. The molecule has 0 fully saturated rings. The van der Waals surface area contributed by atoms with E-state index in [2.05, 4.69) is 10.5 Å². The molecule has 2 aromatic carbocycles. The summed E-state index contributed by atoms with van der Waals surface area (Å²) in [5.74, 6) is 0.591. The van der Waals surface area contributed by atoms with E-state index in [-0.39, 0.29) is 17.2 Å². The molecule has 2 aromatic heterocycles. The van der Waals surface area contributed by atoms with Crippen LogP contribution >= 0.6 is 23.1 Å². The summed E-state index contributed by atoms with van der Waals surface area (Å²) in [6.07, 6.45) is 5.74. The van der Waals surface area contributed by atoms with Crippen molar-refractivity contribution in [2.24, 2.45) is 5.10 Å². The van der Waals surface area contributed by atoms with Gasteiger partial charge in [-0.15, -0.1) is 11.3 Å². The number of fused-ring (bicyclic) bond motifs is 3. The van der Waals surface area contributed by atoms with Gasteiger partial charge < -0.3 is 4.74 Å². The Labute approximate surface area is 217 Å². The number of thiophene rings is 1. The maximum atomic E-state index is 13.7. The van der Waals surface area contributed by atoms with E-state index < -0.39 is 0 Å². The first-order valence-corrected chi connectivity index (χ1v) is 13.7. The van der Waals surface area contributed by atoms with Gasteiger partial charge in [-0.25, -0.2) is 10.4 Å². The third-order valence-corrected chi connectivity index (χ3v) is 8.02. The predicted octanol–water partition coefficient (Wildman–Crippen LogP) is 4.97. The fourth-order valence-electron chi connectivity index (χ4n) is 4.25. The van der Waals surface area contributed by atoms with E-state index in [0.29, 0.717) is 11.8 Å². The molecule has 0 saturated carbocycles. The third-order valence-electron chi connectivity index (χ3n) is 5.90. The van der Waals surface area contributed by atoms with Gasteiger partial charge in [0.25, 0.3) is 11.5 Å². The summed E-state index contributed by atoms with van der Waals surface area (Å²) in [4.78, 5) is 33.1. The van der Waals surface area contributed by atoms with Crippen LogP contribution in [-0.4, -0.2) is 34.0 Å². The molecule has 1 aliphatic rings. The number of nitrogens with one attached hydrogen (secondary N) is 1. The molecule has 0 radical (unpaired) electrons. The fraction of sp³-hybridized carbons (Fsp3) is 0.259. The van der Waals surface area contributed by atoms with E-state index in [4.69, 9.17) is 9.72 Å². The zero-order valence-corrected chi connectivity index (χ0v) is 21.5. The van der Waals surface area contributed by atoms with Gasteiger partial charge >= 0.3 is 0 Å². The van der Waals surface area contributed by atoms with Crippen molar-refractivity contribution < 1.29 is 9.53 Å². The van der Waals surface area contributed by atoms with Crippen LogP contribution in [0.25, 0.3) is 15.9 Å². The molecule has 0 bridgehead atoms. The van der Waals surface area contributed by atoms with Crippen LogP contribution in [0.5, 0.6) is 5.75 Å². The van der Waals surface area contributed by atoms with Crippen molar-refractivity contribution in [1.29, 1.82) is 0 Å². The molecule has 4 aromatic rings. The molecule has 0 spiro atoms. The van der Waals surface area contributed by atoms with E-state index in [1.807, 2.05) is 61.5 Å². The second kappa shape index (κ2) is 11.1. The molecular weight excluding hydrogens is 492 g/mol. The number of hydrogen-bond acceptors (Lipinski definition) is 7. The number of carbonyl (C=O) groups is 1. The van der Waals surface area contributed by atoms with Crippen LogP contribution in [0.3, 0.4) is 0 Å².